The van der Waals surface area contributed by atoms with Gasteiger partial charge in [0.25, 0.3) is 0 Å². The first kappa shape index (κ1) is 12.1. The molecule has 16 heavy (non-hydrogen) atoms. The Labute approximate surface area is 101 Å². The molecule has 0 aromatic heterocycles. The zero-order valence-electron chi connectivity index (χ0n) is 9.58. The van der Waals surface area contributed by atoms with Crippen LogP contribution < -0.4 is 0 Å². The van der Waals surface area contributed by atoms with Gasteiger partial charge in [0.15, 0.2) is 0 Å². The molecule has 1 amide bonds. The van der Waals surface area contributed by atoms with Crippen LogP contribution >= 0.6 is 11.6 Å². The van der Waals surface area contributed by atoms with Gasteiger partial charge >= 0.3 is 0 Å². The van der Waals surface area contributed by atoms with E-state index in [1.54, 1.807) is 12.0 Å². The number of halogens is 1. The summed E-state index contributed by atoms with van der Waals surface area (Å²) in [6.07, 6.45) is 2.99. The highest BCUT2D eigenvalue weighted by Crippen LogP contribution is 2.35. The predicted molar refractivity (Wildman–Crippen MR) is 60.6 cm³/mol. The van der Waals surface area contributed by atoms with E-state index in [1.165, 1.54) is 0 Å². The Morgan fingerprint density at radius 3 is 3.19 bits per heavy atom. The molecule has 0 radical (unpaired) electrons. The van der Waals surface area contributed by atoms with Crippen molar-refractivity contribution in [2.45, 2.75) is 31.0 Å². The number of nitrogens with zero attached hydrogens (tertiary/aromatic N) is 1. The lowest BCUT2D eigenvalue weighted by Gasteiger charge is -2.37. The fourth-order valence-corrected chi connectivity index (χ4v) is 2.78. The molecule has 1 spiro atoms. The van der Waals surface area contributed by atoms with Crippen LogP contribution in [-0.2, 0) is 14.3 Å². The van der Waals surface area contributed by atoms with E-state index in [0.717, 1.165) is 32.4 Å². The SMILES string of the molecule is CO[C@H]1CCO[C@]2(CCN(C(=O)CCl)C2)C1. The molecular formula is C11H18ClNO3. The van der Waals surface area contributed by atoms with Gasteiger partial charge in [0.05, 0.1) is 11.7 Å². The molecule has 0 aliphatic carbocycles. The van der Waals surface area contributed by atoms with Crippen LogP contribution in [0, 0.1) is 0 Å². The summed E-state index contributed by atoms with van der Waals surface area (Å²) in [5, 5.41) is 0. The lowest BCUT2D eigenvalue weighted by Crippen LogP contribution is -2.45. The third kappa shape index (κ3) is 2.34. The monoisotopic (exact) mass is 247 g/mol. The van der Waals surface area contributed by atoms with Crippen LogP contribution in [0.1, 0.15) is 19.3 Å². The number of ether oxygens (including phenoxy) is 2. The summed E-state index contributed by atoms with van der Waals surface area (Å²) < 4.78 is 11.3. The minimum absolute atomic E-state index is 0.00156. The maximum Gasteiger partial charge on any atom is 0.237 e. The van der Waals surface area contributed by atoms with Gasteiger partial charge in [0.2, 0.25) is 5.91 Å². The van der Waals surface area contributed by atoms with Gasteiger partial charge in [-0.25, -0.2) is 0 Å². The molecule has 2 aliphatic heterocycles. The number of alkyl halides is 1. The molecule has 0 aromatic rings. The number of rotatable bonds is 2. The van der Waals surface area contributed by atoms with E-state index in [-0.39, 0.29) is 23.5 Å². The molecule has 2 heterocycles. The summed E-state index contributed by atoms with van der Waals surface area (Å²) in [6, 6.07) is 0. The van der Waals surface area contributed by atoms with Gasteiger partial charge in [-0.3, -0.25) is 4.79 Å². The highest BCUT2D eigenvalue weighted by atomic mass is 35.5. The number of hydrogen-bond acceptors (Lipinski definition) is 3. The Morgan fingerprint density at radius 2 is 2.50 bits per heavy atom. The standard InChI is InChI=1S/C11H18ClNO3/c1-15-9-2-5-16-11(6-9)3-4-13(8-11)10(14)7-12/h9H,2-8H2,1H3/t9-,11+/m0/s1. The first-order valence-electron chi connectivity index (χ1n) is 5.69. The van der Waals surface area contributed by atoms with Crippen LogP contribution in [0.15, 0.2) is 0 Å². The summed E-state index contributed by atoms with van der Waals surface area (Å²) in [6.45, 7) is 2.14. The molecule has 0 saturated carbocycles. The number of carbonyl (C=O) groups is 1. The molecule has 2 fully saturated rings. The second kappa shape index (κ2) is 4.90. The Bertz CT molecular complexity index is 274. The van der Waals surface area contributed by atoms with Crippen molar-refractivity contribution in [3.8, 4) is 0 Å². The minimum atomic E-state index is -0.180. The number of amides is 1. The molecule has 4 nitrogen and oxygen atoms in total. The van der Waals surface area contributed by atoms with Crippen molar-refractivity contribution < 1.29 is 14.3 Å². The summed E-state index contributed by atoms with van der Waals surface area (Å²) in [5.74, 6) is 0.0609. The molecule has 0 aromatic carbocycles. The molecule has 92 valence electrons. The minimum Gasteiger partial charge on any atom is -0.381 e. The van der Waals surface area contributed by atoms with E-state index in [9.17, 15) is 4.79 Å². The van der Waals surface area contributed by atoms with Crippen molar-refractivity contribution in [3.05, 3.63) is 0 Å². The molecule has 5 heteroatoms. The number of hydrogen-bond donors (Lipinski definition) is 0. The van der Waals surface area contributed by atoms with Crippen molar-refractivity contribution in [2.24, 2.45) is 0 Å². The van der Waals surface area contributed by atoms with Crippen molar-refractivity contribution in [1.82, 2.24) is 4.90 Å². The number of carbonyl (C=O) groups excluding carboxylic acids is 1. The molecule has 2 atom stereocenters. The van der Waals surface area contributed by atoms with E-state index in [2.05, 4.69) is 0 Å². The summed E-state index contributed by atoms with van der Waals surface area (Å²) in [7, 11) is 1.74. The maximum atomic E-state index is 11.5. The molecular weight excluding hydrogens is 230 g/mol. The van der Waals surface area contributed by atoms with Gasteiger partial charge in [-0.1, -0.05) is 0 Å². The van der Waals surface area contributed by atoms with Crippen molar-refractivity contribution in [1.29, 1.82) is 0 Å². The second-order valence-electron chi connectivity index (χ2n) is 4.58. The van der Waals surface area contributed by atoms with Gasteiger partial charge < -0.3 is 14.4 Å². The third-order valence-corrected chi connectivity index (χ3v) is 3.79. The van der Waals surface area contributed by atoms with E-state index in [4.69, 9.17) is 21.1 Å². The van der Waals surface area contributed by atoms with E-state index in [1.807, 2.05) is 0 Å². The van der Waals surface area contributed by atoms with E-state index in [0.29, 0.717) is 6.54 Å². The fraction of sp³-hybridized carbons (Fsp3) is 0.909. The topological polar surface area (TPSA) is 38.8 Å². The molecule has 2 aliphatic rings. The lowest BCUT2D eigenvalue weighted by atomic mass is 9.91. The van der Waals surface area contributed by atoms with Crippen LogP contribution in [0.5, 0.6) is 0 Å². The average Bonchev–Trinajstić information content (AvgIpc) is 2.72. The molecule has 0 bridgehead atoms. The summed E-state index contributed by atoms with van der Waals surface area (Å²) >= 11 is 5.56. The van der Waals surface area contributed by atoms with Gasteiger partial charge in [-0.2, -0.15) is 0 Å². The van der Waals surface area contributed by atoms with Crippen molar-refractivity contribution in [2.75, 3.05) is 32.7 Å². The van der Waals surface area contributed by atoms with Crippen molar-refractivity contribution >= 4 is 17.5 Å². The summed E-state index contributed by atoms with van der Waals surface area (Å²) in [4.78, 5) is 13.3. The Hall–Kier alpha value is -0.320. The van der Waals surface area contributed by atoms with Crippen LogP contribution in [0.25, 0.3) is 0 Å². The van der Waals surface area contributed by atoms with Gasteiger partial charge in [0.1, 0.15) is 5.88 Å². The Morgan fingerprint density at radius 1 is 1.69 bits per heavy atom. The second-order valence-corrected chi connectivity index (χ2v) is 4.85. The van der Waals surface area contributed by atoms with Crippen LogP contribution in [-0.4, -0.2) is 55.2 Å². The van der Waals surface area contributed by atoms with E-state index < -0.39 is 0 Å². The van der Waals surface area contributed by atoms with Crippen LogP contribution in [0.4, 0.5) is 0 Å². The average molecular weight is 248 g/mol. The quantitative estimate of drug-likeness (QED) is 0.684. The van der Waals surface area contributed by atoms with E-state index >= 15 is 0 Å². The first-order valence-corrected chi connectivity index (χ1v) is 6.23. The predicted octanol–water partition coefficient (Wildman–Crippen LogP) is 1.02. The first-order chi connectivity index (χ1) is 7.69. The van der Waals surface area contributed by atoms with Crippen molar-refractivity contribution in [3.63, 3.8) is 0 Å². The Kier molecular flexibility index (Phi) is 3.72. The smallest absolute Gasteiger partial charge is 0.237 e. The Balaban J connectivity index is 1.97. The zero-order valence-corrected chi connectivity index (χ0v) is 10.3. The fourth-order valence-electron chi connectivity index (χ4n) is 2.61. The highest BCUT2D eigenvalue weighted by molar-refractivity contribution is 6.27. The zero-order chi connectivity index (χ0) is 11.6. The normalized spacial score (nSPS) is 34.6. The maximum absolute atomic E-state index is 11.5. The van der Waals surface area contributed by atoms with Gasteiger partial charge in [-0.15, -0.1) is 11.6 Å². The van der Waals surface area contributed by atoms with Crippen LogP contribution in [0.2, 0.25) is 0 Å². The molecule has 0 N–H and O–H groups in total. The summed E-state index contributed by atoms with van der Waals surface area (Å²) in [5.41, 5.74) is -0.180. The molecule has 0 unspecified atom stereocenters. The van der Waals surface area contributed by atoms with Gasteiger partial charge in [-0.05, 0) is 12.8 Å². The number of likely N-dealkylation sites (tertiary alicyclic amines) is 1. The molecule has 2 saturated heterocycles. The third-order valence-electron chi connectivity index (χ3n) is 3.56. The van der Waals surface area contributed by atoms with Crippen LogP contribution in [0.3, 0.4) is 0 Å². The highest BCUT2D eigenvalue weighted by Gasteiger charge is 2.44. The number of methoxy groups -OCH3 is 1. The molecule has 2 rings (SSSR count). The van der Waals surface area contributed by atoms with Gasteiger partial charge in [0, 0.05) is 33.2 Å². The largest absolute Gasteiger partial charge is 0.381 e. The lowest BCUT2D eigenvalue weighted by molar-refractivity contribution is -0.135.